The quantitative estimate of drug-likeness (QED) is 0.665. The second-order valence-electron chi connectivity index (χ2n) is 4.42. The lowest BCUT2D eigenvalue weighted by atomic mass is 9.77. The maximum absolute atomic E-state index is 9.48. The lowest BCUT2D eigenvalue weighted by Crippen LogP contribution is -2.20. The monoisotopic (exact) mass is 182 g/mol. The molecule has 2 unspecified atom stereocenters. The maximum atomic E-state index is 9.48. The molecule has 0 spiro atoms. The molecule has 1 aliphatic carbocycles. The minimum absolute atomic E-state index is 0.230. The summed E-state index contributed by atoms with van der Waals surface area (Å²) in [5.41, 5.74) is 1.26. The molecule has 0 heterocycles. The molecule has 1 aliphatic rings. The van der Waals surface area contributed by atoms with E-state index in [2.05, 4.69) is 19.9 Å². The fraction of sp³-hybridized carbons (Fsp3) is 0.833. The molecule has 76 valence electrons. The molecule has 0 aliphatic heterocycles. The zero-order chi connectivity index (χ0) is 9.84. The van der Waals surface area contributed by atoms with Crippen LogP contribution in [0.1, 0.15) is 46.5 Å². The Labute approximate surface area is 81.9 Å². The molecule has 3 atom stereocenters. The van der Waals surface area contributed by atoms with Gasteiger partial charge in [0.25, 0.3) is 0 Å². The van der Waals surface area contributed by atoms with Crippen molar-refractivity contribution in [1.29, 1.82) is 0 Å². The van der Waals surface area contributed by atoms with Crippen molar-refractivity contribution >= 4 is 0 Å². The summed E-state index contributed by atoms with van der Waals surface area (Å²) < 4.78 is 0. The first-order valence-corrected chi connectivity index (χ1v) is 5.52. The second-order valence-corrected chi connectivity index (χ2v) is 4.42. The summed E-state index contributed by atoms with van der Waals surface area (Å²) in [4.78, 5) is 0. The molecule has 1 rings (SSSR count). The highest BCUT2D eigenvalue weighted by Gasteiger charge is 2.23. The Kier molecular flexibility index (Phi) is 3.98. The largest absolute Gasteiger partial charge is 0.389 e. The van der Waals surface area contributed by atoms with Crippen LogP contribution in [0.5, 0.6) is 0 Å². The van der Waals surface area contributed by atoms with Crippen LogP contribution >= 0.6 is 0 Å². The highest BCUT2D eigenvalue weighted by Crippen LogP contribution is 2.33. The Morgan fingerprint density at radius 2 is 2.31 bits per heavy atom. The number of hydrogen-bond acceptors (Lipinski definition) is 1. The lowest BCUT2D eigenvalue weighted by molar-refractivity contribution is 0.205. The van der Waals surface area contributed by atoms with Gasteiger partial charge in [-0.25, -0.2) is 0 Å². The standard InChI is InChI=1S/C12H22O/c1-4-5-11-8-12(10(3)13)7-6-9(11)2/h7,9-11,13H,4-6,8H2,1-3H3/t9?,10-,11?/m1/s1. The van der Waals surface area contributed by atoms with E-state index in [1.54, 1.807) is 0 Å². The summed E-state index contributed by atoms with van der Waals surface area (Å²) in [6, 6.07) is 0. The van der Waals surface area contributed by atoms with Gasteiger partial charge < -0.3 is 5.11 Å². The van der Waals surface area contributed by atoms with Gasteiger partial charge in [-0.2, -0.15) is 0 Å². The average molecular weight is 182 g/mol. The normalized spacial score (nSPS) is 31.2. The van der Waals surface area contributed by atoms with E-state index in [4.69, 9.17) is 0 Å². The van der Waals surface area contributed by atoms with Crippen LogP contribution in [-0.2, 0) is 0 Å². The van der Waals surface area contributed by atoms with Crippen LogP contribution in [0.25, 0.3) is 0 Å². The van der Waals surface area contributed by atoms with Gasteiger partial charge in [-0.1, -0.05) is 32.8 Å². The van der Waals surface area contributed by atoms with Crippen molar-refractivity contribution < 1.29 is 5.11 Å². The summed E-state index contributed by atoms with van der Waals surface area (Å²) in [7, 11) is 0. The van der Waals surface area contributed by atoms with Crippen molar-refractivity contribution in [2.45, 2.75) is 52.6 Å². The minimum atomic E-state index is -0.230. The van der Waals surface area contributed by atoms with E-state index in [0.29, 0.717) is 0 Å². The van der Waals surface area contributed by atoms with Crippen molar-refractivity contribution in [3.63, 3.8) is 0 Å². The number of aliphatic hydroxyl groups is 1. The molecule has 0 amide bonds. The van der Waals surface area contributed by atoms with Gasteiger partial charge >= 0.3 is 0 Å². The lowest BCUT2D eigenvalue weighted by Gasteiger charge is -2.29. The fourth-order valence-electron chi connectivity index (χ4n) is 2.22. The Bertz CT molecular complexity index is 182. The number of hydrogen-bond donors (Lipinski definition) is 1. The zero-order valence-electron chi connectivity index (χ0n) is 9.09. The van der Waals surface area contributed by atoms with Gasteiger partial charge in [0.05, 0.1) is 6.10 Å². The van der Waals surface area contributed by atoms with Gasteiger partial charge in [0.2, 0.25) is 0 Å². The van der Waals surface area contributed by atoms with E-state index in [9.17, 15) is 5.11 Å². The van der Waals surface area contributed by atoms with E-state index < -0.39 is 0 Å². The SMILES string of the molecule is CCCC1CC([C@@H](C)O)=CCC1C. The van der Waals surface area contributed by atoms with Crippen LogP contribution in [0, 0.1) is 11.8 Å². The first-order valence-electron chi connectivity index (χ1n) is 5.52. The fourth-order valence-corrected chi connectivity index (χ4v) is 2.22. The van der Waals surface area contributed by atoms with Crippen molar-refractivity contribution in [3.05, 3.63) is 11.6 Å². The number of rotatable bonds is 3. The first-order chi connectivity index (χ1) is 6.15. The van der Waals surface area contributed by atoms with Gasteiger partial charge in [0.1, 0.15) is 0 Å². The third kappa shape index (κ3) is 2.84. The molecule has 0 bridgehead atoms. The Morgan fingerprint density at radius 3 is 2.85 bits per heavy atom. The number of aliphatic hydroxyl groups excluding tert-OH is 1. The van der Waals surface area contributed by atoms with Crippen molar-refractivity contribution in [1.82, 2.24) is 0 Å². The van der Waals surface area contributed by atoms with Gasteiger partial charge in [0.15, 0.2) is 0 Å². The maximum Gasteiger partial charge on any atom is 0.0722 e. The highest BCUT2D eigenvalue weighted by molar-refractivity contribution is 5.11. The third-order valence-corrected chi connectivity index (χ3v) is 3.25. The molecule has 1 N–H and O–H groups in total. The molecule has 1 heteroatoms. The van der Waals surface area contributed by atoms with Crippen LogP contribution in [0.2, 0.25) is 0 Å². The van der Waals surface area contributed by atoms with Crippen LogP contribution in [0.15, 0.2) is 11.6 Å². The predicted octanol–water partition coefficient (Wildman–Crippen LogP) is 3.14. The van der Waals surface area contributed by atoms with Crippen LogP contribution in [0.3, 0.4) is 0 Å². The van der Waals surface area contributed by atoms with Gasteiger partial charge in [-0.3, -0.25) is 0 Å². The van der Waals surface area contributed by atoms with Crippen LogP contribution in [-0.4, -0.2) is 11.2 Å². The summed E-state index contributed by atoms with van der Waals surface area (Å²) in [5, 5.41) is 9.48. The molecule has 0 fully saturated rings. The Hall–Kier alpha value is -0.300. The zero-order valence-corrected chi connectivity index (χ0v) is 9.09. The Morgan fingerprint density at radius 1 is 1.62 bits per heavy atom. The van der Waals surface area contributed by atoms with E-state index >= 15 is 0 Å². The van der Waals surface area contributed by atoms with Crippen molar-refractivity contribution in [2.75, 3.05) is 0 Å². The molecule has 0 radical (unpaired) electrons. The minimum Gasteiger partial charge on any atom is -0.389 e. The van der Waals surface area contributed by atoms with E-state index in [1.165, 1.54) is 18.4 Å². The van der Waals surface area contributed by atoms with E-state index in [-0.39, 0.29) is 6.10 Å². The summed E-state index contributed by atoms with van der Waals surface area (Å²) in [5.74, 6) is 1.61. The van der Waals surface area contributed by atoms with E-state index in [0.717, 1.165) is 24.7 Å². The molecule has 0 aromatic heterocycles. The highest BCUT2D eigenvalue weighted by atomic mass is 16.3. The van der Waals surface area contributed by atoms with Gasteiger partial charge in [-0.15, -0.1) is 0 Å². The average Bonchev–Trinajstić information content (AvgIpc) is 2.08. The van der Waals surface area contributed by atoms with Gasteiger partial charge in [0, 0.05) is 0 Å². The topological polar surface area (TPSA) is 20.2 Å². The Balaban J connectivity index is 2.55. The molecule has 0 saturated heterocycles. The number of allylic oxidation sites excluding steroid dienone is 1. The summed E-state index contributed by atoms with van der Waals surface area (Å²) in [6.45, 7) is 6.45. The summed E-state index contributed by atoms with van der Waals surface area (Å²) in [6.07, 6.45) is 6.86. The molecule has 0 aromatic rings. The molecule has 13 heavy (non-hydrogen) atoms. The molecule has 0 saturated carbocycles. The predicted molar refractivity (Wildman–Crippen MR) is 56.6 cm³/mol. The molecular weight excluding hydrogens is 160 g/mol. The van der Waals surface area contributed by atoms with Gasteiger partial charge in [-0.05, 0) is 37.2 Å². The van der Waals surface area contributed by atoms with Crippen molar-refractivity contribution in [2.24, 2.45) is 11.8 Å². The smallest absolute Gasteiger partial charge is 0.0722 e. The third-order valence-electron chi connectivity index (χ3n) is 3.25. The molecular formula is C12H22O. The molecule has 0 aromatic carbocycles. The summed E-state index contributed by atoms with van der Waals surface area (Å²) >= 11 is 0. The second kappa shape index (κ2) is 4.80. The van der Waals surface area contributed by atoms with E-state index in [1.807, 2.05) is 6.92 Å². The van der Waals surface area contributed by atoms with Crippen LogP contribution in [0.4, 0.5) is 0 Å². The van der Waals surface area contributed by atoms with Crippen molar-refractivity contribution in [3.8, 4) is 0 Å². The molecule has 1 nitrogen and oxygen atoms in total. The first kappa shape index (κ1) is 10.8. The van der Waals surface area contributed by atoms with Crippen LogP contribution < -0.4 is 0 Å².